The fourth-order valence-electron chi connectivity index (χ4n) is 3.07. The predicted molar refractivity (Wildman–Crippen MR) is 95.5 cm³/mol. The van der Waals surface area contributed by atoms with E-state index in [1.54, 1.807) is 25.4 Å². The quantitative estimate of drug-likeness (QED) is 0.653. The molecule has 1 unspecified atom stereocenters. The number of carbonyl (C=O) groups excluding carboxylic acids is 1. The number of amides is 1. The fourth-order valence-corrected chi connectivity index (χ4v) is 3.07. The second-order valence-corrected chi connectivity index (χ2v) is 6.75. The largest absolute Gasteiger partial charge is 0.328 e. The Labute approximate surface area is 160 Å². The first-order valence-electron chi connectivity index (χ1n) is 8.98. The summed E-state index contributed by atoms with van der Waals surface area (Å²) >= 11 is 0. The molecule has 0 bridgehead atoms. The summed E-state index contributed by atoms with van der Waals surface area (Å²) in [5, 5.41) is 4.15. The van der Waals surface area contributed by atoms with E-state index in [4.69, 9.17) is 0 Å². The number of halogens is 2. The van der Waals surface area contributed by atoms with E-state index in [-0.39, 0.29) is 0 Å². The third-order valence-corrected chi connectivity index (χ3v) is 4.75. The van der Waals surface area contributed by atoms with Crippen LogP contribution in [0.5, 0.6) is 0 Å². The van der Waals surface area contributed by atoms with Gasteiger partial charge in [0.15, 0.2) is 5.82 Å². The second kappa shape index (κ2) is 7.41. The molecule has 0 spiro atoms. The van der Waals surface area contributed by atoms with E-state index in [9.17, 15) is 13.6 Å². The molecule has 1 saturated carbocycles. The van der Waals surface area contributed by atoms with Gasteiger partial charge in [0.25, 0.3) is 11.9 Å². The number of benzene rings is 1. The molecule has 0 N–H and O–H groups in total. The van der Waals surface area contributed by atoms with Crippen molar-refractivity contribution in [2.45, 2.75) is 25.8 Å². The third kappa shape index (κ3) is 3.47. The average Bonchev–Trinajstić information content (AvgIpc) is 3.38. The molecule has 9 heteroatoms. The minimum Gasteiger partial charge on any atom is -0.328 e. The molecule has 1 aromatic carbocycles. The van der Waals surface area contributed by atoms with Crippen LogP contribution in [0.15, 0.2) is 43.0 Å². The lowest BCUT2D eigenvalue weighted by Crippen LogP contribution is -2.37. The van der Waals surface area contributed by atoms with Gasteiger partial charge >= 0.3 is 0 Å². The summed E-state index contributed by atoms with van der Waals surface area (Å²) in [7, 11) is 0. The summed E-state index contributed by atoms with van der Waals surface area (Å²) in [6, 6.07) is 4.48. The number of rotatable bonds is 6. The summed E-state index contributed by atoms with van der Waals surface area (Å²) in [5.41, 5.74) is -0.558. The van der Waals surface area contributed by atoms with Gasteiger partial charge in [0, 0.05) is 18.9 Å². The molecule has 0 radical (unpaired) electrons. The van der Waals surface area contributed by atoms with Gasteiger partial charge in [0.1, 0.15) is 23.5 Å². The smallest absolute Gasteiger partial charge is 0.260 e. The van der Waals surface area contributed by atoms with Gasteiger partial charge in [-0.05, 0) is 43.9 Å². The fraction of sp³-hybridized carbons (Fsp3) is 0.316. The molecule has 0 aliphatic heterocycles. The maximum absolute atomic E-state index is 14.2. The molecule has 144 valence electrons. The van der Waals surface area contributed by atoms with E-state index in [2.05, 4.69) is 20.1 Å². The molecular formula is C19H18F2N6O. The summed E-state index contributed by atoms with van der Waals surface area (Å²) in [6.07, 6.45) is 6.43. The van der Waals surface area contributed by atoms with E-state index < -0.39 is 29.1 Å². The standard InChI is InChI=1S/C19H18F2N6O/c1-12(17-24-11-25-27(17)19-22-8-3-9-23-19)26(10-13-6-7-13)18(28)16-14(20)4-2-5-15(16)21/h2-5,8-9,11-13H,6-7,10H2,1H3. The molecule has 4 rings (SSSR count). The Balaban J connectivity index is 1.71. The third-order valence-electron chi connectivity index (χ3n) is 4.75. The van der Waals surface area contributed by atoms with Crippen molar-refractivity contribution in [1.82, 2.24) is 29.6 Å². The van der Waals surface area contributed by atoms with E-state index >= 15 is 0 Å². The first-order chi connectivity index (χ1) is 13.6. The first kappa shape index (κ1) is 18.1. The predicted octanol–water partition coefficient (Wildman–Crippen LogP) is 2.95. The van der Waals surface area contributed by atoms with Gasteiger partial charge in [-0.25, -0.2) is 23.7 Å². The monoisotopic (exact) mass is 384 g/mol. The zero-order valence-corrected chi connectivity index (χ0v) is 15.2. The van der Waals surface area contributed by atoms with Gasteiger partial charge in [0.2, 0.25) is 0 Å². The molecule has 1 amide bonds. The molecule has 28 heavy (non-hydrogen) atoms. The van der Waals surface area contributed by atoms with E-state index in [1.165, 1.54) is 22.0 Å². The summed E-state index contributed by atoms with van der Waals surface area (Å²) in [6.45, 7) is 2.14. The van der Waals surface area contributed by atoms with Gasteiger partial charge < -0.3 is 4.90 Å². The minimum absolute atomic E-state index is 0.303. The van der Waals surface area contributed by atoms with Crippen molar-refractivity contribution in [3.05, 3.63) is 66.0 Å². The Hall–Kier alpha value is -3.23. The van der Waals surface area contributed by atoms with Crippen molar-refractivity contribution >= 4 is 5.91 Å². The van der Waals surface area contributed by atoms with Crippen LogP contribution in [0.1, 0.15) is 42.0 Å². The van der Waals surface area contributed by atoms with Crippen LogP contribution < -0.4 is 0 Å². The van der Waals surface area contributed by atoms with Crippen LogP contribution in [-0.4, -0.2) is 42.1 Å². The van der Waals surface area contributed by atoms with Crippen molar-refractivity contribution in [2.24, 2.45) is 5.92 Å². The van der Waals surface area contributed by atoms with Gasteiger partial charge in [-0.3, -0.25) is 4.79 Å². The van der Waals surface area contributed by atoms with Crippen LogP contribution in [0, 0.1) is 17.6 Å². The van der Waals surface area contributed by atoms with Gasteiger partial charge in [-0.15, -0.1) is 0 Å². The Bertz CT molecular complexity index is 969. The molecule has 0 saturated heterocycles. The zero-order chi connectivity index (χ0) is 19.7. The molecular weight excluding hydrogens is 366 g/mol. The Kier molecular flexibility index (Phi) is 4.81. The molecule has 1 aliphatic rings. The van der Waals surface area contributed by atoms with Crippen LogP contribution in [-0.2, 0) is 0 Å². The number of aromatic nitrogens is 5. The average molecular weight is 384 g/mol. The molecule has 1 atom stereocenters. The summed E-state index contributed by atoms with van der Waals surface area (Å²) in [5.74, 6) is -1.45. The molecule has 2 heterocycles. The van der Waals surface area contributed by atoms with E-state index in [0.29, 0.717) is 24.2 Å². The number of hydrogen-bond acceptors (Lipinski definition) is 5. The maximum Gasteiger partial charge on any atom is 0.260 e. The summed E-state index contributed by atoms with van der Waals surface area (Å²) < 4.78 is 29.9. The molecule has 7 nitrogen and oxygen atoms in total. The van der Waals surface area contributed by atoms with Crippen LogP contribution in [0.25, 0.3) is 5.95 Å². The second-order valence-electron chi connectivity index (χ2n) is 6.75. The van der Waals surface area contributed by atoms with Gasteiger partial charge in [-0.1, -0.05) is 6.07 Å². The first-order valence-corrected chi connectivity index (χ1v) is 8.98. The van der Waals surface area contributed by atoms with Crippen molar-refractivity contribution in [3.63, 3.8) is 0 Å². The van der Waals surface area contributed by atoms with Crippen molar-refractivity contribution in [1.29, 1.82) is 0 Å². The van der Waals surface area contributed by atoms with Crippen LogP contribution in [0.4, 0.5) is 8.78 Å². The summed E-state index contributed by atoms with van der Waals surface area (Å²) in [4.78, 5) is 27.1. The van der Waals surface area contributed by atoms with Crippen molar-refractivity contribution in [3.8, 4) is 5.95 Å². The van der Waals surface area contributed by atoms with Gasteiger partial charge in [0.05, 0.1) is 6.04 Å². The Morgan fingerprint density at radius 3 is 2.50 bits per heavy atom. The lowest BCUT2D eigenvalue weighted by molar-refractivity contribution is 0.0660. The highest BCUT2D eigenvalue weighted by Crippen LogP contribution is 2.34. The number of carbonyl (C=O) groups is 1. The molecule has 2 aromatic heterocycles. The van der Waals surface area contributed by atoms with Crippen molar-refractivity contribution in [2.75, 3.05) is 6.54 Å². The molecule has 1 aliphatic carbocycles. The van der Waals surface area contributed by atoms with E-state index in [0.717, 1.165) is 25.0 Å². The Morgan fingerprint density at radius 2 is 1.86 bits per heavy atom. The SMILES string of the molecule is CC(c1ncnn1-c1ncccn1)N(CC1CC1)C(=O)c1c(F)cccc1F. The molecule has 1 fully saturated rings. The maximum atomic E-state index is 14.2. The van der Waals surface area contributed by atoms with Gasteiger partial charge in [-0.2, -0.15) is 9.78 Å². The highest BCUT2D eigenvalue weighted by molar-refractivity contribution is 5.95. The number of nitrogens with zero attached hydrogens (tertiary/aromatic N) is 6. The highest BCUT2D eigenvalue weighted by atomic mass is 19.1. The minimum atomic E-state index is -0.883. The topological polar surface area (TPSA) is 76.8 Å². The lowest BCUT2D eigenvalue weighted by Gasteiger charge is -2.29. The number of hydrogen-bond donors (Lipinski definition) is 0. The van der Waals surface area contributed by atoms with Crippen LogP contribution in [0.2, 0.25) is 0 Å². The van der Waals surface area contributed by atoms with Crippen LogP contribution >= 0.6 is 0 Å². The Morgan fingerprint density at radius 1 is 1.18 bits per heavy atom. The van der Waals surface area contributed by atoms with E-state index in [1.807, 2.05) is 0 Å². The molecule has 3 aromatic rings. The normalized spacial score (nSPS) is 14.7. The zero-order valence-electron chi connectivity index (χ0n) is 15.2. The lowest BCUT2D eigenvalue weighted by atomic mass is 10.1. The van der Waals surface area contributed by atoms with Crippen molar-refractivity contribution < 1.29 is 13.6 Å². The van der Waals surface area contributed by atoms with Crippen LogP contribution in [0.3, 0.4) is 0 Å². The highest BCUT2D eigenvalue weighted by Gasteiger charge is 2.34.